The molecule has 6 heteroatoms. The van der Waals surface area contributed by atoms with Crippen molar-refractivity contribution in [3.8, 4) is 0 Å². The number of carbonyl (C=O) groups excluding carboxylic acids is 1. The summed E-state index contributed by atoms with van der Waals surface area (Å²) >= 11 is 0.672. The van der Waals surface area contributed by atoms with Crippen molar-refractivity contribution < 1.29 is 4.79 Å². The van der Waals surface area contributed by atoms with Gasteiger partial charge in [0.25, 0.3) is 0 Å². The van der Waals surface area contributed by atoms with Gasteiger partial charge in [-0.2, -0.15) is 0 Å². The summed E-state index contributed by atoms with van der Waals surface area (Å²) in [4.78, 5) is 9.97. The smallest absolute Gasteiger partial charge is 0.340 e. The summed E-state index contributed by atoms with van der Waals surface area (Å²) in [6.07, 6.45) is 0. The van der Waals surface area contributed by atoms with Crippen molar-refractivity contribution in [1.82, 2.24) is 14.7 Å². The number of carbonyl (C=O) groups is 1. The fourth-order valence-corrected chi connectivity index (χ4v) is 0.551. The molecule has 0 aromatic heterocycles. The molecule has 1 aliphatic heterocycles. The van der Waals surface area contributed by atoms with Crippen LogP contribution in [0, 0.1) is 5.21 Å². The molecule has 0 aromatic rings. The molecule has 7 heavy (non-hydrogen) atoms. The van der Waals surface area contributed by atoms with Crippen LogP contribution in [0.15, 0.2) is 0 Å². The lowest BCUT2D eigenvalue weighted by Crippen LogP contribution is -2.25. The van der Waals surface area contributed by atoms with Gasteiger partial charge in [-0.3, -0.25) is 10.1 Å². The minimum Gasteiger partial charge on any atom is -0.756 e. The van der Waals surface area contributed by atoms with Gasteiger partial charge in [0, 0.05) is 12.1 Å². The Morgan fingerprint density at radius 3 is 2.71 bits per heavy atom. The van der Waals surface area contributed by atoms with Gasteiger partial charge < -0.3 is 5.21 Å². The predicted molar refractivity (Wildman–Crippen MR) is 24.5 cm³/mol. The van der Waals surface area contributed by atoms with Crippen LogP contribution in [0.25, 0.3) is 0 Å². The summed E-state index contributed by atoms with van der Waals surface area (Å²) in [6.45, 7) is 0. The first-order valence-corrected chi connectivity index (χ1v) is 2.27. The van der Waals surface area contributed by atoms with Crippen LogP contribution in [0.4, 0.5) is 4.79 Å². The number of rotatable bonds is 0. The minimum absolute atomic E-state index is 0.336. The van der Waals surface area contributed by atoms with E-state index in [1.807, 2.05) is 5.43 Å². The van der Waals surface area contributed by atoms with Gasteiger partial charge in [0.1, 0.15) is 0 Å². The van der Waals surface area contributed by atoms with Crippen LogP contribution in [0.5, 0.6) is 0 Å². The van der Waals surface area contributed by atoms with Crippen molar-refractivity contribution in [2.45, 2.75) is 0 Å². The van der Waals surface area contributed by atoms with Gasteiger partial charge >= 0.3 is 6.03 Å². The summed E-state index contributed by atoms with van der Waals surface area (Å²) in [5, 5.41) is 9.94. The highest BCUT2D eigenvalue weighted by atomic mass is 32.2. The highest BCUT2D eigenvalue weighted by molar-refractivity contribution is 7.96. The van der Waals surface area contributed by atoms with Crippen molar-refractivity contribution in [3.63, 3.8) is 0 Å². The summed E-state index contributed by atoms with van der Waals surface area (Å²) < 4.78 is 2.48. The Morgan fingerprint density at radius 1 is 1.86 bits per heavy atom. The number of nitrogens with zero attached hydrogens (tertiary/aromatic N) is 1. The first-order valence-electron chi connectivity index (χ1n) is 1.50. The van der Waals surface area contributed by atoms with Crippen molar-refractivity contribution in [2.75, 3.05) is 0 Å². The van der Waals surface area contributed by atoms with Crippen LogP contribution in [0.3, 0.4) is 0 Å². The molecule has 1 fully saturated rings. The third kappa shape index (κ3) is 0.952. The molecule has 0 bridgehead atoms. The van der Waals surface area contributed by atoms with E-state index in [1.54, 1.807) is 0 Å². The zero-order chi connectivity index (χ0) is 5.28. The van der Waals surface area contributed by atoms with Crippen molar-refractivity contribution in [1.29, 1.82) is 0 Å². The van der Waals surface area contributed by atoms with E-state index < -0.39 is 6.03 Å². The third-order valence-electron chi connectivity index (χ3n) is 0.414. The number of amides is 2. The maximum atomic E-state index is 9.97. The molecule has 2 N–H and O–H groups in total. The molecule has 0 radical (unpaired) electrons. The molecular weight excluding hydrogens is 118 g/mol. The summed E-state index contributed by atoms with van der Waals surface area (Å²) in [7, 11) is 0. The lowest BCUT2D eigenvalue weighted by atomic mass is 11.2. The molecule has 40 valence electrons. The lowest BCUT2D eigenvalue weighted by molar-refractivity contribution is 0.241. The van der Waals surface area contributed by atoms with Crippen LogP contribution in [-0.4, -0.2) is 10.6 Å². The van der Waals surface area contributed by atoms with Gasteiger partial charge in [-0.05, 0) is 0 Å². The second kappa shape index (κ2) is 1.57. The standard InChI is InChI=1S/CH2N3O2S/c5-1-2-4(6)7-3-1/h(H2,2,3,5)/q-1. The van der Waals surface area contributed by atoms with Crippen LogP contribution < -0.4 is 10.1 Å². The van der Waals surface area contributed by atoms with Crippen molar-refractivity contribution in [3.05, 3.63) is 5.21 Å². The Bertz CT molecular complexity index is 94.9. The average Bonchev–Trinajstić information content (AvgIpc) is 1.87. The number of urea groups is 1. The van der Waals surface area contributed by atoms with E-state index in [1.165, 1.54) is 0 Å². The molecule has 1 saturated heterocycles. The summed E-state index contributed by atoms with van der Waals surface area (Å²) in [6, 6.07) is -0.472. The van der Waals surface area contributed by atoms with E-state index in [9.17, 15) is 10.0 Å². The molecule has 1 aliphatic rings. The van der Waals surface area contributed by atoms with Gasteiger partial charge in [0.05, 0.1) is 0 Å². The van der Waals surface area contributed by atoms with Gasteiger partial charge in [-0.1, -0.05) is 0 Å². The zero-order valence-electron chi connectivity index (χ0n) is 3.17. The van der Waals surface area contributed by atoms with Crippen molar-refractivity contribution >= 4 is 18.2 Å². The minimum atomic E-state index is -0.472. The molecule has 1 heterocycles. The second-order valence-electron chi connectivity index (χ2n) is 0.891. The normalized spacial score (nSPS) is 21.6. The molecule has 2 amide bonds. The Hall–Kier alpha value is -0.460. The molecule has 0 spiro atoms. The van der Waals surface area contributed by atoms with E-state index in [4.69, 9.17) is 0 Å². The molecular formula is CH2N3O2S-. The van der Waals surface area contributed by atoms with Crippen LogP contribution in [0.2, 0.25) is 0 Å². The maximum Gasteiger partial charge on any atom is 0.340 e. The Labute approximate surface area is 43.9 Å². The van der Waals surface area contributed by atoms with Crippen LogP contribution in [-0.2, 0) is 0 Å². The number of hydrogen-bond donors (Lipinski definition) is 2. The highest BCUT2D eigenvalue weighted by Gasteiger charge is 2.08. The second-order valence-corrected chi connectivity index (χ2v) is 1.61. The first kappa shape index (κ1) is 4.69. The molecule has 0 aromatic carbocycles. The number of nitrogens with one attached hydrogen (secondary N) is 2. The van der Waals surface area contributed by atoms with E-state index in [0.29, 0.717) is 16.7 Å². The van der Waals surface area contributed by atoms with Crippen LogP contribution in [0.1, 0.15) is 0 Å². The van der Waals surface area contributed by atoms with Gasteiger partial charge in [-0.25, -0.2) is 9.37 Å². The van der Waals surface area contributed by atoms with E-state index in [-0.39, 0.29) is 0 Å². The number of hydrogen-bond acceptors (Lipinski definition) is 4. The van der Waals surface area contributed by atoms with E-state index in [2.05, 4.69) is 4.72 Å². The highest BCUT2D eigenvalue weighted by Crippen LogP contribution is 2.02. The Balaban J connectivity index is 2.40. The van der Waals surface area contributed by atoms with E-state index >= 15 is 0 Å². The predicted octanol–water partition coefficient (Wildman–Crippen LogP) is -0.423. The van der Waals surface area contributed by atoms with E-state index in [0.717, 1.165) is 0 Å². The monoisotopic (exact) mass is 120 g/mol. The Morgan fingerprint density at radius 2 is 2.57 bits per heavy atom. The quantitative estimate of drug-likeness (QED) is 0.426. The maximum absolute atomic E-state index is 9.97. The molecule has 0 unspecified atom stereocenters. The average molecular weight is 120 g/mol. The van der Waals surface area contributed by atoms with Gasteiger partial charge in [0.2, 0.25) is 0 Å². The lowest BCUT2D eigenvalue weighted by Gasteiger charge is -2.13. The first-order chi connectivity index (χ1) is 3.29. The largest absolute Gasteiger partial charge is 0.756 e. The SMILES string of the molecule is O=C1NSN([O-])N1. The molecule has 0 atom stereocenters. The zero-order valence-corrected chi connectivity index (χ0v) is 3.99. The third-order valence-corrected chi connectivity index (χ3v) is 0.948. The Kier molecular flexibility index (Phi) is 1.05. The topological polar surface area (TPSA) is 67.4 Å². The van der Waals surface area contributed by atoms with Crippen LogP contribution >= 0.6 is 12.1 Å². The fourth-order valence-electron chi connectivity index (χ4n) is 0.211. The van der Waals surface area contributed by atoms with Gasteiger partial charge in [-0.15, -0.1) is 0 Å². The molecule has 0 saturated carbocycles. The molecule has 1 rings (SSSR count). The summed E-state index contributed by atoms with van der Waals surface area (Å²) in [5.41, 5.74) is 1.91. The molecule has 5 nitrogen and oxygen atoms in total. The molecule has 0 aliphatic carbocycles. The summed E-state index contributed by atoms with van der Waals surface area (Å²) in [5.74, 6) is 0. The van der Waals surface area contributed by atoms with Crippen molar-refractivity contribution in [2.24, 2.45) is 0 Å². The number of hydrazine groups is 1. The van der Waals surface area contributed by atoms with Gasteiger partial charge in [0.15, 0.2) is 0 Å². The fraction of sp³-hybridized carbons (Fsp3) is 0.